The molecule has 3 unspecified atom stereocenters. The molecule has 0 N–H and O–H groups in total. The lowest BCUT2D eigenvalue weighted by Crippen LogP contribution is -2.32. The fourth-order valence-corrected chi connectivity index (χ4v) is 6.28. The summed E-state index contributed by atoms with van der Waals surface area (Å²) in [6.45, 7) is 22.5. The third-order valence-electron chi connectivity index (χ3n) is 5.13. The zero-order valence-electron chi connectivity index (χ0n) is 16.9. The van der Waals surface area contributed by atoms with E-state index >= 15 is 0 Å². The highest BCUT2D eigenvalue weighted by Crippen LogP contribution is 2.42. The number of carbonyl (C=O) groups excluding carboxylic acids is 1. The predicted octanol–water partition coefficient (Wildman–Crippen LogP) is 7.30. The first-order valence-corrected chi connectivity index (χ1v) is 11.0. The van der Waals surface area contributed by atoms with E-state index in [1.54, 1.807) is 0 Å². The van der Waals surface area contributed by atoms with Gasteiger partial charge < -0.3 is 0 Å². The van der Waals surface area contributed by atoms with Crippen LogP contribution in [0.1, 0.15) is 75.7 Å². The number of thioether (sulfide) groups is 1. The van der Waals surface area contributed by atoms with E-state index in [0.29, 0.717) is 27.5 Å². The lowest BCUT2D eigenvalue weighted by Gasteiger charge is -2.37. The molecule has 4 heteroatoms. The Morgan fingerprint density at radius 3 is 1.87 bits per heavy atom. The van der Waals surface area contributed by atoms with Crippen LogP contribution in [0.15, 0.2) is 0 Å². The maximum atomic E-state index is 12.6. The second kappa shape index (κ2) is 9.50. The van der Waals surface area contributed by atoms with Gasteiger partial charge in [-0.1, -0.05) is 109 Å². The first-order valence-electron chi connectivity index (χ1n) is 8.91. The van der Waals surface area contributed by atoms with Crippen LogP contribution in [0.25, 0.3) is 0 Å². The minimum Gasteiger partial charge on any atom is -0.300 e. The molecule has 3 atom stereocenters. The van der Waals surface area contributed by atoms with Crippen molar-refractivity contribution in [1.82, 2.24) is 0 Å². The predicted molar refractivity (Wildman–Crippen MR) is 117 cm³/mol. The van der Waals surface area contributed by atoms with Crippen LogP contribution < -0.4 is 0 Å². The Labute approximate surface area is 164 Å². The Hall–Kier alpha value is 0.815. The van der Waals surface area contributed by atoms with E-state index in [-0.39, 0.29) is 15.2 Å². The van der Waals surface area contributed by atoms with E-state index in [4.69, 9.17) is 0 Å². The summed E-state index contributed by atoms with van der Waals surface area (Å²) in [6, 6.07) is 0. The summed E-state index contributed by atoms with van der Waals surface area (Å²) in [4.78, 5) is 12.6. The Morgan fingerprint density at radius 2 is 1.52 bits per heavy atom. The van der Waals surface area contributed by atoms with Crippen LogP contribution in [0.4, 0.5) is 4.79 Å². The van der Waals surface area contributed by atoms with Crippen LogP contribution in [0, 0.1) is 23.2 Å². The van der Waals surface area contributed by atoms with E-state index in [1.165, 1.54) is 11.8 Å². The van der Waals surface area contributed by atoms with Gasteiger partial charge in [-0.25, -0.2) is 0 Å². The molecular weight excluding hydrogens is 414 g/mol. The zero-order chi connectivity index (χ0) is 18.6. The van der Waals surface area contributed by atoms with Crippen molar-refractivity contribution in [3.05, 3.63) is 0 Å². The van der Waals surface area contributed by atoms with Crippen molar-refractivity contribution in [3.8, 4) is 0 Å². The normalized spacial score (nSPS) is 17.3. The number of rotatable bonds is 9. The highest BCUT2D eigenvalue weighted by atomic mass is 127. The standard InChI is InChI=1S/C19H37BIOS/c1-12(2)16(15(6)21)14(5)20-17(22)23-19(9,10)11-18(7,8)13(3)4/h12-16H,11H2,1-10H3. The molecule has 23 heavy (non-hydrogen) atoms. The summed E-state index contributed by atoms with van der Waals surface area (Å²) in [5, 5.41) is 0.241. The molecular formula is C19H37BIOS. The number of halogens is 1. The first-order chi connectivity index (χ1) is 10.2. The largest absolute Gasteiger partial charge is 0.300 e. The average Bonchev–Trinajstić information content (AvgIpc) is 2.23. The maximum Gasteiger partial charge on any atom is 0.221 e. The highest BCUT2D eigenvalue weighted by Gasteiger charge is 2.35. The number of hydrogen-bond donors (Lipinski definition) is 0. The second-order valence-corrected chi connectivity index (χ2v) is 12.7. The lowest BCUT2D eigenvalue weighted by molar-refractivity contribution is 0.210. The van der Waals surface area contributed by atoms with Gasteiger partial charge in [0.05, 0.1) is 0 Å². The molecule has 0 fully saturated rings. The van der Waals surface area contributed by atoms with Crippen LogP contribution in [0.2, 0.25) is 5.82 Å². The van der Waals surface area contributed by atoms with Gasteiger partial charge in [0.1, 0.15) is 5.01 Å². The van der Waals surface area contributed by atoms with E-state index in [2.05, 4.69) is 91.8 Å². The lowest BCUT2D eigenvalue weighted by atomic mass is 9.58. The summed E-state index contributed by atoms with van der Waals surface area (Å²) in [6.07, 6.45) is 1.05. The number of alkyl halides is 1. The van der Waals surface area contributed by atoms with Crippen LogP contribution in [-0.4, -0.2) is 21.0 Å². The molecule has 0 bridgehead atoms. The minimum atomic E-state index is -0.0235. The fourth-order valence-electron chi connectivity index (χ4n) is 3.53. The summed E-state index contributed by atoms with van der Waals surface area (Å²) in [5.41, 5.74) is 0.250. The third-order valence-corrected chi connectivity index (χ3v) is 6.99. The molecule has 135 valence electrons. The van der Waals surface area contributed by atoms with Gasteiger partial charge in [-0.3, -0.25) is 4.79 Å². The van der Waals surface area contributed by atoms with Crippen LogP contribution in [0.5, 0.6) is 0 Å². The van der Waals surface area contributed by atoms with Crippen molar-refractivity contribution in [2.75, 3.05) is 0 Å². The molecule has 0 aliphatic carbocycles. The maximum absolute atomic E-state index is 12.6. The van der Waals surface area contributed by atoms with Gasteiger partial charge in [0.15, 0.2) is 0 Å². The van der Waals surface area contributed by atoms with Crippen LogP contribution in [0.3, 0.4) is 0 Å². The minimum absolute atomic E-state index is 0.0235. The second-order valence-electron chi connectivity index (χ2n) is 9.03. The van der Waals surface area contributed by atoms with Crippen molar-refractivity contribution in [2.24, 2.45) is 23.2 Å². The van der Waals surface area contributed by atoms with Crippen molar-refractivity contribution in [1.29, 1.82) is 0 Å². The molecule has 0 spiro atoms. The van der Waals surface area contributed by atoms with Gasteiger partial charge >= 0.3 is 0 Å². The average molecular weight is 451 g/mol. The van der Waals surface area contributed by atoms with Gasteiger partial charge in [0, 0.05) is 8.67 Å². The molecule has 0 aromatic heterocycles. The summed E-state index contributed by atoms with van der Waals surface area (Å²) in [5.74, 6) is 2.09. The highest BCUT2D eigenvalue weighted by molar-refractivity contribution is 14.1. The molecule has 0 aromatic carbocycles. The molecule has 0 aliphatic rings. The molecule has 0 saturated carbocycles. The Balaban J connectivity index is 4.75. The van der Waals surface area contributed by atoms with E-state index < -0.39 is 0 Å². The SMILES string of the molecule is CC(C)C(C(C)I)C(C)[B]C(=O)SC(C)(C)CC(C)(C)C(C)C. The summed E-state index contributed by atoms with van der Waals surface area (Å²) in [7, 11) is 1.97. The molecule has 0 saturated heterocycles. The Bertz CT molecular complexity index is 370. The Kier molecular flexibility index (Phi) is 9.83. The monoisotopic (exact) mass is 451 g/mol. The molecule has 0 heterocycles. The van der Waals surface area contributed by atoms with E-state index in [0.717, 1.165) is 6.42 Å². The molecule has 1 radical (unpaired) electrons. The third kappa shape index (κ3) is 8.64. The van der Waals surface area contributed by atoms with Crippen molar-refractivity contribution in [2.45, 2.75) is 90.1 Å². The molecule has 0 aliphatic heterocycles. The van der Waals surface area contributed by atoms with Gasteiger partial charge in [0.2, 0.25) is 7.28 Å². The molecule has 1 nitrogen and oxygen atoms in total. The quantitative estimate of drug-likeness (QED) is 0.208. The summed E-state index contributed by atoms with van der Waals surface area (Å²) < 4.78 is 0.550. The van der Waals surface area contributed by atoms with Crippen LogP contribution in [-0.2, 0) is 0 Å². The van der Waals surface area contributed by atoms with Gasteiger partial charge in [-0.2, -0.15) is 0 Å². The van der Waals surface area contributed by atoms with Gasteiger partial charge in [-0.05, 0) is 29.6 Å². The zero-order valence-corrected chi connectivity index (χ0v) is 19.8. The van der Waals surface area contributed by atoms with E-state index in [1.807, 2.05) is 7.28 Å². The van der Waals surface area contributed by atoms with Crippen molar-refractivity contribution >= 4 is 46.6 Å². The first kappa shape index (κ1) is 23.8. The molecule has 0 amide bonds. The topological polar surface area (TPSA) is 17.1 Å². The smallest absolute Gasteiger partial charge is 0.221 e. The fraction of sp³-hybridized carbons (Fsp3) is 0.947. The number of carbonyl (C=O) groups is 1. The van der Waals surface area contributed by atoms with E-state index in [9.17, 15) is 4.79 Å². The van der Waals surface area contributed by atoms with Crippen molar-refractivity contribution in [3.63, 3.8) is 0 Å². The number of hydrogen-bond acceptors (Lipinski definition) is 2. The molecule has 0 rings (SSSR count). The van der Waals surface area contributed by atoms with Crippen LogP contribution >= 0.6 is 34.4 Å². The molecule has 0 aromatic rings. The van der Waals surface area contributed by atoms with Gasteiger partial charge in [-0.15, -0.1) is 0 Å². The summed E-state index contributed by atoms with van der Waals surface area (Å²) >= 11 is 4.02. The Morgan fingerprint density at radius 1 is 1.04 bits per heavy atom. The van der Waals surface area contributed by atoms with Gasteiger partial charge in [0.25, 0.3) is 0 Å². The van der Waals surface area contributed by atoms with Crippen molar-refractivity contribution < 1.29 is 4.79 Å².